The number of carbonyl (C=O) groups is 1. The first kappa shape index (κ1) is 21.4. The van der Waals surface area contributed by atoms with Crippen LogP contribution in [0.4, 0.5) is 0 Å². The largest absolute Gasteiger partial charge is 0.272 e. The third-order valence-electron chi connectivity index (χ3n) is 5.67. The van der Waals surface area contributed by atoms with Gasteiger partial charge in [-0.05, 0) is 45.7 Å². The van der Waals surface area contributed by atoms with E-state index in [1.807, 2.05) is 6.92 Å². The molecule has 0 saturated heterocycles. The highest BCUT2D eigenvalue weighted by molar-refractivity contribution is 8.00. The summed E-state index contributed by atoms with van der Waals surface area (Å²) in [6.45, 7) is 8.51. The van der Waals surface area contributed by atoms with E-state index in [1.165, 1.54) is 27.8 Å². The Bertz CT molecular complexity index is 1080. The fourth-order valence-electron chi connectivity index (χ4n) is 3.90. The van der Waals surface area contributed by atoms with Crippen LogP contribution in [0.3, 0.4) is 0 Å². The predicted octanol–water partition coefficient (Wildman–Crippen LogP) is 6.33. The number of benzene rings is 3. The molecule has 0 unspecified atom stereocenters. The monoisotopic (exact) mass is 428 g/mol. The fraction of sp³-hybridized carbons (Fsp3) is 0.259. The number of nitrogens with zero attached hydrogens (tertiary/aromatic N) is 1. The molecule has 3 aromatic rings. The molecule has 4 rings (SSSR count). The maximum atomic E-state index is 12.5. The summed E-state index contributed by atoms with van der Waals surface area (Å²) in [6, 6.07) is 25.3. The molecule has 3 nitrogen and oxygen atoms in total. The van der Waals surface area contributed by atoms with Crippen molar-refractivity contribution >= 4 is 23.4 Å². The highest BCUT2D eigenvalue weighted by atomic mass is 32.2. The normalized spacial score (nSPS) is 13.6. The van der Waals surface area contributed by atoms with Crippen molar-refractivity contribution in [3.05, 3.63) is 95.1 Å². The predicted molar refractivity (Wildman–Crippen MR) is 132 cm³/mol. The Kier molecular flexibility index (Phi) is 6.01. The minimum Gasteiger partial charge on any atom is -0.272 e. The van der Waals surface area contributed by atoms with Crippen LogP contribution in [0.5, 0.6) is 0 Å². The van der Waals surface area contributed by atoms with Crippen LogP contribution in [0.15, 0.2) is 77.9 Å². The van der Waals surface area contributed by atoms with Gasteiger partial charge in [-0.25, -0.2) is 5.43 Å². The number of rotatable bonds is 5. The highest BCUT2D eigenvalue weighted by Gasteiger charge is 2.28. The molecular weight excluding hydrogens is 400 g/mol. The molecule has 0 aliphatic heterocycles. The summed E-state index contributed by atoms with van der Waals surface area (Å²) in [5, 5.41) is 4.50. The lowest BCUT2D eigenvalue weighted by Gasteiger charge is -2.19. The van der Waals surface area contributed by atoms with Crippen LogP contribution in [0.1, 0.15) is 55.2 Å². The van der Waals surface area contributed by atoms with Crippen molar-refractivity contribution in [3.63, 3.8) is 0 Å². The van der Waals surface area contributed by atoms with Crippen molar-refractivity contribution < 1.29 is 4.79 Å². The van der Waals surface area contributed by atoms with E-state index in [4.69, 9.17) is 0 Å². The molecule has 1 aliphatic rings. The zero-order valence-corrected chi connectivity index (χ0v) is 19.3. The number of hydrogen-bond acceptors (Lipinski definition) is 3. The lowest BCUT2D eigenvalue weighted by atomic mass is 9.86. The molecule has 0 spiro atoms. The van der Waals surface area contributed by atoms with Gasteiger partial charge in [-0.1, -0.05) is 93.6 Å². The Morgan fingerprint density at radius 1 is 0.903 bits per heavy atom. The number of hydrogen-bond donors (Lipinski definition) is 1. The van der Waals surface area contributed by atoms with Gasteiger partial charge in [0.2, 0.25) is 5.91 Å². The summed E-state index contributed by atoms with van der Waals surface area (Å²) in [7, 11) is 0. The van der Waals surface area contributed by atoms with Crippen molar-refractivity contribution in [2.45, 2.75) is 38.4 Å². The van der Waals surface area contributed by atoms with Gasteiger partial charge >= 0.3 is 0 Å². The summed E-state index contributed by atoms with van der Waals surface area (Å²) in [6.07, 6.45) is 0. The van der Waals surface area contributed by atoms with Gasteiger partial charge in [-0.3, -0.25) is 4.79 Å². The number of hydrazone groups is 1. The Labute approximate surface area is 189 Å². The van der Waals surface area contributed by atoms with Gasteiger partial charge in [0, 0.05) is 0 Å². The maximum Gasteiger partial charge on any atom is 0.250 e. The lowest BCUT2D eigenvalue weighted by Crippen LogP contribution is -2.21. The quantitative estimate of drug-likeness (QED) is 0.381. The van der Waals surface area contributed by atoms with E-state index in [0.717, 1.165) is 11.3 Å². The van der Waals surface area contributed by atoms with Crippen LogP contribution >= 0.6 is 11.8 Å². The van der Waals surface area contributed by atoms with E-state index in [1.54, 1.807) is 11.8 Å². The van der Waals surface area contributed by atoms with Gasteiger partial charge < -0.3 is 0 Å². The van der Waals surface area contributed by atoms with Crippen LogP contribution in [0, 0.1) is 0 Å². The van der Waals surface area contributed by atoms with Gasteiger partial charge in [0.25, 0.3) is 0 Å². The molecule has 3 aromatic carbocycles. The summed E-state index contributed by atoms with van der Waals surface area (Å²) in [5.74, 6) is 0.269. The van der Waals surface area contributed by atoms with Gasteiger partial charge in [0.15, 0.2) is 0 Å². The van der Waals surface area contributed by atoms with Crippen molar-refractivity contribution in [3.8, 4) is 11.1 Å². The molecule has 158 valence electrons. The van der Waals surface area contributed by atoms with E-state index in [9.17, 15) is 4.79 Å². The van der Waals surface area contributed by atoms with E-state index < -0.39 is 0 Å². The summed E-state index contributed by atoms with van der Waals surface area (Å²) in [4.78, 5) is 12.5. The Morgan fingerprint density at radius 3 is 2.00 bits per heavy atom. The first-order valence-corrected chi connectivity index (χ1v) is 11.6. The number of fused-ring (bicyclic) bond motifs is 3. The standard InChI is InChI=1S/C27H28N2OS/c1-18(19-13-15-20(16-14-19)27(2,3)4)28-29-25(30)17-31-26-23-11-7-5-9-21(23)22-10-6-8-12-24(22)26/h5-16,26H,17H2,1-4H3,(H,29,30)/b28-18-. The average Bonchev–Trinajstić information content (AvgIpc) is 3.09. The zero-order chi connectivity index (χ0) is 22.0. The van der Waals surface area contributed by atoms with Gasteiger partial charge in [-0.2, -0.15) is 5.10 Å². The maximum absolute atomic E-state index is 12.5. The van der Waals surface area contributed by atoms with Crippen molar-refractivity contribution in [1.29, 1.82) is 0 Å². The van der Waals surface area contributed by atoms with Gasteiger partial charge in [0.1, 0.15) is 0 Å². The number of amides is 1. The smallest absolute Gasteiger partial charge is 0.250 e. The van der Waals surface area contributed by atoms with E-state index in [-0.39, 0.29) is 16.6 Å². The minimum absolute atomic E-state index is 0.0856. The van der Waals surface area contributed by atoms with Crippen LogP contribution in [-0.4, -0.2) is 17.4 Å². The second-order valence-corrected chi connectivity index (χ2v) is 10.0. The Hall–Kier alpha value is -2.85. The number of thioether (sulfide) groups is 1. The van der Waals surface area contributed by atoms with Crippen LogP contribution in [0.25, 0.3) is 11.1 Å². The lowest BCUT2D eigenvalue weighted by molar-refractivity contribution is -0.118. The van der Waals surface area contributed by atoms with Crippen molar-refractivity contribution in [2.24, 2.45) is 5.10 Å². The van der Waals surface area contributed by atoms with Crippen LogP contribution in [0.2, 0.25) is 0 Å². The molecule has 31 heavy (non-hydrogen) atoms. The summed E-state index contributed by atoms with van der Waals surface area (Å²) in [5.41, 5.74) is 11.0. The molecule has 0 saturated carbocycles. The molecule has 0 atom stereocenters. The minimum atomic E-state index is -0.0856. The molecule has 1 amide bonds. The van der Waals surface area contributed by atoms with E-state index in [2.05, 4.69) is 104 Å². The van der Waals surface area contributed by atoms with E-state index in [0.29, 0.717) is 5.75 Å². The molecular formula is C27H28N2OS. The second-order valence-electron chi connectivity index (χ2n) is 8.93. The third-order valence-corrected chi connectivity index (χ3v) is 6.94. The van der Waals surface area contributed by atoms with E-state index >= 15 is 0 Å². The molecule has 1 aliphatic carbocycles. The third kappa shape index (κ3) is 4.59. The highest BCUT2D eigenvalue weighted by Crippen LogP contribution is 2.49. The average molecular weight is 429 g/mol. The first-order chi connectivity index (χ1) is 14.8. The van der Waals surface area contributed by atoms with Gasteiger partial charge in [0.05, 0.1) is 16.7 Å². The Morgan fingerprint density at radius 2 is 1.45 bits per heavy atom. The SMILES string of the molecule is C/C(=N/NC(=O)CSC1c2ccccc2-c2ccccc21)c1ccc(C(C)(C)C)cc1. The topological polar surface area (TPSA) is 41.5 Å². The number of carbonyl (C=O) groups excluding carboxylic acids is 1. The molecule has 0 heterocycles. The molecule has 0 fully saturated rings. The van der Waals surface area contributed by atoms with Crippen LogP contribution < -0.4 is 5.43 Å². The summed E-state index contributed by atoms with van der Waals surface area (Å²) < 4.78 is 0. The zero-order valence-electron chi connectivity index (χ0n) is 18.5. The van der Waals surface area contributed by atoms with Crippen LogP contribution in [-0.2, 0) is 10.2 Å². The molecule has 0 bridgehead atoms. The van der Waals surface area contributed by atoms with Crippen molar-refractivity contribution in [1.82, 2.24) is 5.43 Å². The summed E-state index contributed by atoms with van der Waals surface area (Å²) >= 11 is 1.65. The van der Waals surface area contributed by atoms with Crippen molar-refractivity contribution in [2.75, 3.05) is 5.75 Å². The van der Waals surface area contributed by atoms with Gasteiger partial charge in [-0.15, -0.1) is 11.8 Å². The Balaban J connectivity index is 1.40. The molecule has 1 N–H and O–H groups in total. The second kappa shape index (κ2) is 8.72. The fourth-order valence-corrected chi connectivity index (χ4v) is 5.06. The number of nitrogens with one attached hydrogen (secondary N) is 1. The molecule has 0 radical (unpaired) electrons. The first-order valence-electron chi connectivity index (χ1n) is 10.6. The molecule has 0 aromatic heterocycles. The molecule has 4 heteroatoms.